The third kappa shape index (κ3) is 15.5. The van der Waals surface area contributed by atoms with Gasteiger partial charge in [0, 0.05) is 114 Å². The van der Waals surface area contributed by atoms with E-state index >= 15 is 0 Å². The molecular formula is C57H71ClF4N12O7. The van der Waals surface area contributed by atoms with E-state index in [4.69, 9.17) is 21.1 Å². The maximum atomic E-state index is 14.7. The number of rotatable bonds is 18. The summed E-state index contributed by atoms with van der Waals surface area (Å²) in [5.41, 5.74) is -1.30. The first-order valence-electron chi connectivity index (χ1n) is 27.7. The molecule has 5 aromatic rings. The molecule has 0 spiro atoms. The van der Waals surface area contributed by atoms with Gasteiger partial charge in [-0.2, -0.15) is 13.2 Å². The molecule has 3 aromatic carbocycles. The molecule has 4 fully saturated rings. The van der Waals surface area contributed by atoms with E-state index in [1.54, 1.807) is 32.9 Å². The van der Waals surface area contributed by atoms with Crippen molar-refractivity contribution in [3.05, 3.63) is 122 Å². The number of nitrogens with one attached hydrogen (secondary N) is 3. The van der Waals surface area contributed by atoms with E-state index in [1.807, 2.05) is 29.3 Å². The lowest BCUT2D eigenvalue weighted by Crippen LogP contribution is -2.64. The highest BCUT2D eigenvalue weighted by Gasteiger charge is 2.45. The van der Waals surface area contributed by atoms with Crippen LogP contribution < -0.4 is 20.3 Å². The summed E-state index contributed by atoms with van der Waals surface area (Å²) in [5, 5.41) is 19.4. The number of aromatic nitrogens is 3. The van der Waals surface area contributed by atoms with Crippen molar-refractivity contribution in [1.29, 1.82) is 0 Å². The van der Waals surface area contributed by atoms with Crippen LogP contribution in [0.25, 0.3) is 11.0 Å². The van der Waals surface area contributed by atoms with Gasteiger partial charge in [-0.3, -0.25) is 34.4 Å². The van der Waals surface area contributed by atoms with E-state index in [0.717, 1.165) is 68.4 Å². The van der Waals surface area contributed by atoms with Gasteiger partial charge in [0.05, 0.1) is 28.5 Å². The topological polar surface area (TPSA) is 198 Å². The lowest BCUT2D eigenvalue weighted by molar-refractivity contribution is -0.385. The number of amides is 3. The number of carbonyl (C=O) groups excluding carboxylic acids is 3. The fourth-order valence-corrected chi connectivity index (χ4v) is 11.4. The van der Waals surface area contributed by atoms with Crippen LogP contribution in [0.1, 0.15) is 81.2 Å². The molecule has 3 N–H and O–H groups in total. The number of hydrogen-bond donors (Lipinski definition) is 3. The highest BCUT2D eigenvalue weighted by Crippen LogP contribution is 2.35. The Balaban J connectivity index is 0.718. The molecule has 81 heavy (non-hydrogen) atoms. The number of nitrogens with zero attached hydrogens (tertiary/aromatic N) is 9. The van der Waals surface area contributed by atoms with Crippen LogP contribution in [0, 0.1) is 21.8 Å². The summed E-state index contributed by atoms with van der Waals surface area (Å²) in [6.45, 7) is 15.5. The molecular weight excluding hydrogens is 1080 g/mol. The number of alkyl halides is 3. The van der Waals surface area contributed by atoms with Crippen LogP contribution in [0.2, 0.25) is 5.02 Å². The third-order valence-electron chi connectivity index (χ3n) is 15.9. The van der Waals surface area contributed by atoms with Gasteiger partial charge in [0.15, 0.2) is 0 Å². The van der Waals surface area contributed by atoms with Crippen molar-refractivity contribution in [2.24, 2.45) is 5.92 Å². The molecule has 0 aliphatic carbocycles. The van der Waals surface area contributed by atoms with Gasteiger partial charge in [0.1, 0.15) is 47.1 Å². The Hall–Kier alpha value is -6.66. The summed E-state index contributed by atoms with van der Waals surface area (Å²) >= 11 is 6.33. The number of nitro groups is 1. The lowest BCUT2D eigenvalue weighted by atomic mass is 9.85. The van der Waals surface area contributed by atoms with Gasteiger partial charge < -0.3 is 39.8 Å². The van der Waals surface area contributed by atoms with Crippen LogP contribution in [0.15, 0.2) is 79.3 Å². The molecule has 436 valence electrons. The number of benzene rings is 3. The summed E-state index contributed by atoms with van der Waals surface area (Å²) in [5.74, 6) is -0.0269. The van der Waals surface area contributed by atoms with Crippen LogP contribution in [0.3, 0.4) is 0 Å². The summed E-state index contributed by atoms with van der Waals surface area (Å²) in [6, 6.07) is 15.8. The number of hydrogen-bond acceptors (Lipinski definition) is 14. The average molecular weight is 1150 g/mol. The predicted octanol–water partition coefficient (Wildman–Crippen LogP) is 8.04. The fraction of sp³-hybridized carbons (Fsp3) is 0.526. The van der Waals surface area contributed by atoms with Gasteiger partial charge in [-0.05, 0) is 119 Å². The minimum atomic E-state index is -4.86. The van der Waals surface area contributed by atoms with E-state index in [2.05, 4.69) is 50.1 Å². The quantitative estimate of drug-likeness (QED) is 0.0433. The van der Waals surface area contributed by atoms with Crippen LogP contribution in [0.4, 0.5) is 33.9 Å². The van der Waals surface area contributed by atoms with Gasteiger partial charge in [-0.1, -0.05) is 29.8 Å². The molecule has 9 rings (SSSR count). The number of likely N-dealkylation sites (tertiary alicyclic amines) is 1. The van der Waals surface area contributed by atoms with Crippen molar-refractivity contribution in [2.75, 3.05) is 103 Å². The number of piperazine rings is 2. The number of non-ortho nitro benzene ring substituents is 1. The van der Waals surface area contributed by atoms with Crippen LogP contribution >= 0.6 is 11.6 Å². The maximum absolute atomic E-state index is 14.7. The number of fused-ring (bicyclic) bond motifs is 1. The van der Waals surface area contributed by atoms with Gasteiger partial charge in [-0.25, -0.2) is 19.2 Å². The van der Waals surface area contributed by atoms with Crippen molar-refractivity contribution < 1.29 is 46.3 Å². The second kappa shape index (κ2) is 25.6. The number of H-pyrrole nitrogens is 1. The Kier molecular flexibility index (Phi) is 18.7. The SMILES string of the molecule is CC(C)(C)OC(=O)NC1(C(=O)N[C@@H](CCN2CCN(C(=O)CN3CCC(CN4CCN(Cc5cc([N+](=O)[O-])ccc5OCc5ccc(F)c(C(F)(F)F)c5)CC4)CC3)CC2)c2ccc(Cl)cc2)CCN(c2ncnc3[nH]ccc23)CC1. The van der Waals surface area contributed by atoms with Crippen molar-refractivity contribution >= 4 is 52.0 Å². The number of aromatic amines is 1. The monoisotopic (exact) mass is 1150 g/mol. The molecule has 0 bridgehead atoms. The number of halogens is 5. The maximum Gasteiger partial charge on any atom is 0.419 e. The van der Waals surface area contributed by atoms with Crippen LogP contribution in [0.5, 0.6) is 5.75 Å². The fourth-order valence-electron chi connectivity index (χ4n) is 11.3. The second-order valence-corrected chi connectivity index (χ2v) is 23.1. The van der Waals surface area contributed by atoms with Gasteiger partial charge in [0.25, 0.3) is 5.69 Å². The van der Waals surface area contributed by atoms with E-state index in [0.29, 0.717) is 125 Å². The molecule has 4 aliphatic heterocycles. The van der Waals surface area contributed by atoms with Crippen molar-refractivity contribution in [1.82, 2.24) is 50.1 Å². The Labute approximate surface area is 473 Å². The number of nitro benzene ring substituents is 1. The van der Waals surface area contributed by atoms with Gasteiger partial charge in [-0.15, -0.1) is 0 Å². The predicted molar refractivity (Wildman–Crippen MR) is 297 cm³/mol. The molecule has 3 amide bonds. The summed E-state index contributed by atoms with van der Waals surface area (Å²) in [6.07, 6.45) is 0.922. The number of carbonyl (C=O) groups is 3. The Morgan fingerprint density at radius 1 is 0.852 bits per heavy atom. The molecule has 4 saturated heterocycles. The van der Waals surface area contributed by atoms with Gasteiger partial charge >= 0.3 is 12.3 Å². The smallest absolute Gasteiger partial charge is 0.419 e. The third-order valence-corrected chi connectivity index (χ3v) is 16.1. The molecule has 24 heteroatoms. The molecule has 19 nitrogen and oxygen atoms in total. The van der Waals surface area contributed by atoms with Crippen LogP contribution in [-0.2, 0) is 33.7 Å². The van der Waals surface area contributed by atoms with E-state index < -0.39 is 45.8 Å². The zero-order chi connectivity index (χ0) is 57.5. The first-order valence-corrected chi connectivity index (χ1v) is 28.1. The normalized spacial score (nSPS) is 18.6. The minimum absolute atomic E-state index is 0.114. The Morgan fingerprint density at radius 3 is 2.22 bits per heavy atom. The Bertz CT molecular complexity index is 2990. The van der Waals surface area contributed by atoms with Crippen molar-refractivity contribution in [2.45, 2.75) is 89.4 Å². The standard InChI is InChI=1S/C57H71ClF4N12O7/c1-55(2,3)81-54(77)67-56(16-22-73(23-17-56)52-45-12-18-63-51(45)64-38-65-52)53(76)66-48(41-5-7-43(58)8-6-41)15-21-68-28-30-72(31-29-68)50(75)36-69-19-13-39(14-20-69)34-70-24-26-71(27-25-70)35-42-33-44(74(78)79)9-11-49(42)80-37-40-4-10-47(59)46(32-40)57(60,61)62/h4-12,18,32-33,38-39,48H,13-17,19-31,34-37H2,1-3H3,(H,66,76)(H,67,77)(H,63,64,65)/t48-/m0/s1. The first-order chi connectivity index (χ1) is 38.7. The molecule has 6 heterocycles. The summed E-state index contributed by atoms with van der Waals surface area (Å²) in [7, 11) is 0. The number of piperidine rings is 2. The zero-order valence-corrected chi connectivity index (χ0v) is 46.7. The zero-order valence-electron chi connectivity index (χ0n) is 46.0. The van der Waals surface area contributed by atoms with E-state index in [-0.39, 0.29) is 29.7 Å². The van der Waals surface area contributed by atoms with Crippen molar-refractivity contribution in [3.63, 3.8) is 0 Å². The number of alkyl carbamates (subject to hydrolysis) is 1. The Morgan fingerprint density at radius 2 is 1.54 bits per heavy atom. The highest BCUT2D eigenvalue weighted by molar-refractivity contribution is 6.30. The van der Waals surface area contributed by atoms with Crippen molar-refractivity contribution in [3.8, 4) is 5.75 Å². The first kappa shape index (κ1) is 59.0. The molecule has 0 unspecified atom stereocenters. The largest absolute Gasteiger partial charge is 0.489 e. The molecule has 1 atom stereocenters. The van der Waals surface area contributed by atoms with Gasteiger partial charge in [0.2, 0.25) is 11.8 Å². The highest BCUT2D eigenvalue weighted by atomic mass is 35.5. The summed E-state index contributed by atoms with van der Waals surface area (Å²) in [4.78, 5) is 78.3. The van der Waals surface area contributed by atoms with Crippen LogP contribution in [-0.4, -0.2) is 172 Å². The average Bonchev–Trinajstić information content (AvgIpc) is 3.93. The van der Waals surface area contributed by atoms with E-state index in [9.17, 15) is 42.1 Å². The number of anilines is 1. The molecule has 0 saturated carbocycles. The summed E-state index contributed by atoms with van der Waals surface area (Å²) < 4.78 is 65.5. The minimum Gasteiger partial charge on any atom is -0.489 e. The number of ether oxygens (including phenoxy) is 2. The molecule has 0 radical (unpaired) electrons. The molecule has 2 aromatic heterocycles. The second-order valence-electron chi connectivity index (χ2n) is 22.7. The lowest BCUT2D eigenvalue weighted by Gasteiger charge is -2.42. The van der Waals surface area contributed by atoms with E-state index in [1.165, 1.54) is 30.6 Å². The molecule has 4 aliphatic rings.